The molecule has 0 saturated heterocycles. The molecule has 1 aliphatic carbocycles. The highest BCUT2D eigenvalue weighted by Crippen LogP contribution is 2.44. The number of aryl methyl sites for hydroxylation is 1. The van der Waals surface area contributed by atoms with Crippen molar-refractivity contribution >= 4 is 11.6 Å². The lowest BCUT2D eigenvalue weighted by molar-refractivity contribution is 0.435. The molecule has 0 amide bonds. The number of pyridine rings is 1. The van der Waals surface area contributed by atoms with Crippen molar-refractivity contribution in [2.45, 2.75) is 66.2 Å². The molecule has 1 heterocycles. The molecule has 0 bridgehead atoms. The van der Waals surface area contributed by atoms with Crippen molar-refractivity contribution in [2.24, 2.45) is 5.41 Å². The fraction of sp³-hybridized carbons (Fsp3) is 0.393. The molecule has 0 radical (unpaired) electrons. The van der Waals surface area contributed by atoms with E-state index in [1.807, 2.05) is 18.5 Å². The largest absolute Gasteiger partial charge is 0.265 e. The van der Waals surface area contributed by atoms with Gasteiger partial charge >= 0.3 is 0 Å². The van der Waals surface area contributed by atoms with E-state index in [0.29, 0.717) is 0 Å². The van der Waals surface area contributed by atoms with Gasteiger partial charge in [-0.3, -0.25) is 4.98 Å². The third-order valence-electron chi connectivity index (χ3n) is 6.40. The van der Waals surface area contributed by atoms with Gasteiger partial charge in [-0.25, -0.2) is 0 Å². The van der Waals surface area contributed by atoms with Gasteiger partial charge in [-0.1, -0.05) is 77.5 Å². The second-order valence-corrected chi connectivity index (χ2v) is 8.79. The topological polar surface area (TPSA) is 12.9 Å². The summed E-state index contributed by atoms with van der Waals surface area (Å²) in [6.07, 6.45) is 15.3. The maximum Gasteiger partial charge on any atom is 0.0273 e. The third-order valence-corrected chi connectivity index (χ3v) is 6.40. The van der Waals surface area contributed by atoms with Crippen LogP contribution < -0.4 is 0 Å². The lowest BCUT2D eigenvalue weighted by Gasteiger charge is -2.34. The molecule has 0 spiro atoms. The van der Waals surface area contributed by atoms with Crippen LogP contribution in [0.4, 0.5) is 0 Å². The van der Waals surface area contributed by atoms with Gasteiger partial charge in [-0.05, 0) is 82.2 Å². The lowest BCUT2D eigenvalue weighted by atomic mass is 9.71. The average molecular weight is 386 g/mol. The van der Waals surface area contributed by atoms with Gasteiger partial charge in [0, 0.05) is 12.4 Å². The number of nitrogens with zero attached hydrogens (tertiary/aromatic N) is 1. The van der Waals surface area contributed by atoms with Crippen LogP contribution >= 0.6 is 0 Å². The summed E-state index contributed by atoms with van der Waals surface area (Å²) in [4.78, 5) is 4.20. The summed E-state index contributed by atoms with van der Waals surface area (Å²) in [6, 6.07) is 11.3. The van der Waals surface area contributed by atoms with Gasteiger partial charge in [0.15, 0.2) is 0 Å². The van der Waals surface area contributed by atoms with Crippen LogP contribution in [0.15, 0.2) is 66.5 Å². The Morgan fingerprint density at radius 1 is 1.10 bits per heavy atom. The zero-order valence-electron chi connectivity index (χ0n) is 18.6. The van der Waals surface area contributed by atoms with Crippen LogP contribution in [-0.4, -0.2) is 4.98 Å². The number of fused-ring (bicyclic) bond motifs is 1. The van der Waals surface area contributed by atoms with Crippen molar-refractivity contribution in [3.63, 3.8) is 0 Å². The molecule has 3 rings (SSSR count). The van der Waals surface area contributed by atoms with Gasteiger partial charge < -0.3 is 0 Å². The van der Waals surface area contributed by atoms with Crippen LogP contribution in [0.25, 0.3) is 11.6 Å². The van der Waals surface area contributed by atoms with E-state index >= 15 is 0 Å². The molecule has 1 heteroatoms. The summed E-state index contributed by atoms with van der Waals surface area (Å²) in [5.41, 5.74) is 9.70. The molecule has 2 aromatic rings. The van der Waals surface area contributed by atoms with Crippen molar-refractivity contribution in [1.82, 2.24) is 4.98 Å². The molecule has 1 aliphatic rings. The molecule has 152 valence electrons. The Bertz CT molecular complexity index is 913. The van der Waals surface area contributed by atoms with Gasteiger partial charge in [-0.15, -0.1) is 0 Å². The van der Waals surface area contributed by atoms with Crippen LogP contribution in [0.1, 0.15) is 75.6 Å². The summed E-state index contributed by atoms with van der Waals surface area (Å²) in [5, 5.41) is 0. The van der Waals surface area contributed by atoms with E-state index in [9.17, 15) is 0 Å². The normalized spacial score (nSPS) is 15.5. The van der Waals surface area contributed by atoms with Crippen LogP contribution in [0.5, 0.6) is 0 Å². The summed E-state index contributed by atoms with van der Waals surface area (Å²) < 4.78 is 0. The number of hydrogen-bond donors (Lipinski definition) is 0. The van der Waals surface area contributed by atoms with Gasteiger partial charge in [0.1, 0.15) is 0 Å². The minimum atomic E-state index is 0.119. The Hall–Kier alpha value is -2.41. The molecule has 1 aromatic heterocycles. The quantitative estimate of drug-likeness (QED) is 0.422. The highest BCUT2D eigenvalue weighted by Gasteiger charge is 2.29. The molecule has 0 fully saturated rings. The van der Waals surface area contributed by atoms with Crippen LogP contribution in [-0.2, 0) is 12.8 Å². The highest BCUT2D eigenvalue weighted by molar-refractivity contribution is 5.84. The fourth-order valence-electron chi connectivity index (χ4n) is 4.20. The second kappa shape index (κ2) is 9.39. The highest BCUT2D eigenvalue weighted by atomic mass is 14.6. The smallest absolute Gasteiger partial charge is 0.0273 e. The molecule has 29 heavy (non-hydrogen) atoms. The maximum atomic E-state index is 4.20. The van der Waals surface area contributed by atoms with E-state index < -0.39 is 0 Å². The number of aromatic nitrogens is 1. The van der Waals surface area contributed by atoms with E-state index in [2.05, 4.69) is 75.7 Å². The summed E-state index contributed by atoms with van der Waals surface area (Å²) >= 11 is 0. The Kier molecular flexibility index (Phi) is 6.90. The number of benzene rings is 1. The van der Waals surface area contributed by atoms with Gasteiger partial charge in [0.05, 0.1) is 0 Å². The average Bonchev–Trinajstić information content (AvgIpc) is 2.74. The van der Waals surface area contributed by atoms with Crippen LogP contribution in [0.3, 0.4) is 0 Å². The zero-order chi connectivity index (χ0) is 20.9. The second-order valence-electron chi connectivity index (χ2n) is 8.79. The Labute approximate surface area is 177 Å². The molecule has 1 nitrogen and oxygen atoms in total. The summed E-state index contributed by atoms with van der Waals surface area (Å²) in [6.45, 7) is 13.4. The Morgan fingerprint density at radius 2 is 1.86 bits per heavy atom. The first-order valence-corrected chi connectivity index (χ1v) is 11.1. The van der Waals surface area contributed by atoms with E-state index in [4.69, 9.17) is 0 Å². The van der Waals surface area contributed by atoms with Crippen molar-refractivity contribution < 1.29 is 0 Å². The molecule has 0 unspecified atom stereocenters. The van der Waals surface area contributed by atoms with E-state index in [-0.39, 0.29) is 5.41 Å². The first-order chi connectivity index (χ1) is 14.0. The molecule has 0 N–H and O–H groups in total. The van der Waals surface area contributed by atoms with Crippen molar-refractivity contribution in [1.29, 1.82) is 0 Å². The van der Waals surface area contributed by atoms with E-state index in [1.54, 1.807) is 0 Å². The van der Waals surface area contributed by atoms with Crippen molar-refractivity contribution in [3.8, 4) is 0 Å². The molecule has 1 aromatic carbocycles. The minimum Gasteiger partial charge on any atom is -0.265 e. The monoisotopic (exact) mass is 385 g/mol. The zero-order valence-corrected chi connectivity index (χ0v) is 18.6. The summed E-state index contributed by atoms with van der Waals surface area (Å²) in [7, 11) is 0. The number of rotatable bonds is 8. The number of allylic oxidation sites excluding steroid dienone is 4. The molecule has 0 aliphatic heterocycles. The predicted octanol–water partition coefficient (Wildman–Crippen LogP) is 7.83. The Morgan fingerprint density at radius 3 is 2.52 bits per heavy atom. The van der Waals surface area contributed by atoms with E-state index in [1.165, 1.54) is 64.7 Å². The number of unbranched alkanes of at least 4 members (excludes halogenated alkanes) is 2. The standard InChI is InChI=1S/C28H35N/c1-6-9-10-11-21-12-13-23-20-27(28(4,5)8-3)26(19-24(23)18-21)25(7-2)22-14-16-29-17-15-22/h7,12-18,20H,2,6,8-11,19H2,1,3-5H3/b26-25+. The molecule has 0 saturated carbocycles. The first-order valence-electron chi connectivity index (χ1n) is 11.1. The summed E-state index contributed by atoms with van der Waals surface area (Å²) in [5.74, 6) is 0. The van der Waals surface area contributed by atoms with Crippen molar-refractivity contribution in [3.05, 3.63) is 88.8 Å². The first kappa shape index (κ1) is 21.3. The Balaban J connectivity index is 2.11. The number of hydrogen-bond acceptors (Lipinski definition) is 1. The van der Waals surface area contributed by atoms with Gasteiger partial charge in [0.25, 0.3) is 0 Å². The minimum absolute atomic E-state index is 0.119. The van der Waals surface area contributed by atoms with Gasteiger partial charge in [-0.2, -0.15) is 0 Å². The maximum absolute atomic E-state index is 4.20. The van der Waals surface area contributed by atoms with Crippen molar-refractivity contribution in [2.75, 3.05) is 0 Å². The van der Waals surface area contributed by atoms with Crippen LogP contribution in [0.2, 0.25) is 0 Å². The van der Waals surface area contributed by atoms with E-state index in [0.717, 1.165) is 12.8 Å². The lowest BCUT2D eigenvalue weighted by Crippen LogP contribution is -2.20. The van der Waals surface area contributed by atoms with Crippen LogP contribution in [0, 0.1) is 5.41 Å². The molecule has 0 atom stereocenters. The third kappa shape index (κ3) is 4.78. The predicted molar refractivity (Wildman–Crippen MR) is 127 cm³/mol. The van der Waals surface area contributed by atoms with Gasteiger partial charge in [0.2, 0.25) is 0 Å². The molecular formula is C28H35N. The SMILES string of the molecule is C=C/C(=C1/Cc2cc(CCCCC)ccc2C=C1C(C)(C)CC)c1ccncc1. The fourth-order valence-corrected chi connectivity index (χ4v) is 4.20. The molecular weight excluding hydrogens is 350 g/mol.